The van der Waals surface area contributed by atoms with Gasteiger partial charge in [0.05, 0.1) is 4.90 Å². The van der Waals surface area contributed by atoms with Gasteiger partial charge in [-0.2, -0.15) is 0 Å². The van der Waals surface area contributed by atoms with E-state index < -0.39 is 20.8 Å². The first-order valence-electron chi connectivity index (χ1n) is 12.7. The van der Waals surface area contributed by atoms with E-state index in [4.69, 9.17) is 9.47 Å². The fourth-order valence-electron chi connectivity index (χ4n) is 3.59. The summed E-state index contributed by atoms with van der Waals surface area (Å²) in [7, 11) is -4.71. The van der Waals surface area contributed by atoms with E-state index in [-0.39, 0.29) is 22.1 Å². The molecule has 4 aromatic rings. The van der Waals surface area contributed by atoms with Crippen molar-refractivity contribution in [2.75, 3.05) is 0 Å². The Morgan fingerprint density at radius 3 is 1.57 bits per heavy atom. The van der Waals surface area contributed by atoms with Crippen molar-refractivity contribution in [3.05, 3.63) is 109 Å². The number of halogens is 1. The molecule has 0 unspecified atom stereocenters. The highest BCUT2D eigenvalue weighted by molar-refractivity contribution is 7.97. The Kier molecular flexibility index (Phi) is 10.1. The van der Waals surface area contributed by atoms with Gasteiger partial charge < -0.3 is 14.0 Å². The summed E-state index contributed by atoms with van der Waals surface area (Å²) in [6, 6.07) is 31.2. The quantitative estimate of drug-likeness (QED) is 0.171. The average molecular weight is 583 g/mol. The SMILES string of the molecule is CC(C)(C)Oc1ccc([S+](c2ccccc2)c2ccccc2)c(OC(C)(C)C)c1.O=S(=O)([O-])c1ccc(F)cc1. The van der Waals surface area contributed by atoms with Gasteiger partial charge in [-0.3, -0.25) is 0 Å². The van der Waals surface area contributed by atoms with Crippen LogP contribution in [0.2, 0.25) is 0 Å². The summed E-state index contributed by atoms with van der Waals surface area (Å²) in [5.41, 5.74) is -0.571. The molecule has 0 aliphatic rings. The largest absolute Gasteiger partial charge is 0.744 e. The van der Waals surface area contributed by atoms with Crippen molar-refractivity contribution >= 4 is 21.0 Å². The zero-order valence-corrected chi connectivity index (χ0v) is 25.2. The molecular formula is C32H35FO5S2. The average Bonchev–Trinajstić information content (AvgIpc) is 2.85. The molecule has 0 radical (unpaired) electrons. The van der Waals surface area contributed by atoms with Gasteiger partial charge in [0, 0.05) is 12.1 Å². The maximum absolute atomic E-state index is 12.2. The van der Waals surface area contributed by atoms with Crippen molar-refractivity contribution < 1.29 is 26.8 Å². The minimum Gasteiger partial charge on any atom is -0.744 e. The second kappa shape index (κ2) is 12.9. The molecule has 0 amide bonds. The topological polar surface area (TPSA) is 75.7 Å². The van der Waals surface area contributed by atoms with Crippen molar-refractivity contribution in [3.63, 3.8) is 0 Å². The molecule has 0 saturated carbocycles. The van der Waals surface area contributed by atoms with E-state index in [0.717, 1.165) is 35.8 Å². The molecule has 0 atom stereocenters. The first kappa shape index (κ1) is 31.2. The van der Waals surface area contributed by atoms with Gasteiger partial charge in [-0.05, 0) is 96.1 Å². The number of hydrogen-bond acceptors (Lipinski definition) is 5. The summed E-state index contributed by atoms with van der Waals surface area (Å²) in [6.07, 6.45) is 0. The van der Waals surface area contributed by atoms with E-state index in [1.54, 1.807) is 0 Å². The minimum absolute atomic E-state index is 0.263. The number of hydrogen-bond donors (Lipinski definition) is 0. The maximum Gasteiger partial charge on any atom is 0.208 e. The van der Waals surface area contributed by atoms with Crippen molar-refractivity contribution in [1.82, 2.24) is 0 Å². The van der Waals surface area contributed by atoms with Crippen molar-refractivity contribution in [1.29, 1.82) is 0 Å². The molecule has 4 aromatic carbocycles. The lowest BCUT2D eigenvalue weighted by Gasteiger charge is -2.25. The summed E-state index contributed by atoms with van der Waals surface area (Å²) < 4.78 is 55.5. The molecule has 40 heavy (non-hydrogen) atoms. The zero-order valence-electron chi connectivity index (χ0n) is 23.6. The highest BCUT2D eigenvalue weighted by Crippen LogP contribution is 2.40. The Bertz CT molecular complexity index is 1440. The van der Waals surface area contributed by atoms with Crippen LogP contribution >= 0.6 is 0 Å². The summed E-state index contributed by atoms with van der Waals surface area (Å²) in [4.78, 5) is 3.28. The fourth-order valence-corrected chi connectivity index (χ4v) is 6.20. The second-order valence-electron chi connectivity index (χ2n) is 10.9. The molecule has 0 fully saturated rings. The van der Waals surface area contributed by atoms with Crippen molar-refractivity contribution in [2.24, 2.45) is 0 Å². The molecule has 5 nitrogen and oxygen atoms in total. The van der Waals surface area contributed by atoms with Crippen molar-refractivity contribution in [2.45, 2.75) is 72.3 Å². The van der Waals surface area contributed by atoms with Gasteiger partial charge in [-0.25, -0.2) is 12.8 Å². The fraction of sp³-hybridized carbons (Fsp3) is 0.250. The lowest BCUT2D eigenvalue weighted by Crippen LogP contribution is -2.25. The van der Waals surface area contributed by atoms with E-state index >= 15 is 0 Å². The Morgan fingerprint density at radius 1 is 0.675 bits per heavy atom. The smallest absolute Gasteiger partial charge is 0.208 e. The van der Waals surface area contributed by atoms with E-state index in [1.165, 1.54) is 14.7 Å². The van der Waals surface area contributed by atoms with Crippen LogP contribution in [0.4, 0.5) is 4.39 Å². The van der Waals surface area contributed by atoms with E-state index in [9.17, 15) is 17.4 Å². The standard InChI is InChI=1S/C26H31O2S.C6H5FO3S/c1-25(2,3)27-20-17-18-24(23(19-20)28-26(4,5)6)29(21-13-9-7-10-14-21)22-15-11-8-12-16-22;7-5-1-3-6(4-2-5)11(8,9)10/h7-19H,1-6H3;1-4H,(H,8,9,10)/q+1;/p-1. The third-order valence-electron chi connectivity index (χ3n) is 5.04. The third-order valence-corrected chi connectivity index (χ3v) is 8.15. The minimum atomic E-state index is -4.44. The highest BCUT2D eigenvalue weighted by Gasteiger charge is 2.33. The number of rotatable bonds is 6. The monoisotopic (exact) mass is 582 g/mol. The summed E-state index contributed by atoms with van der Waals surface area (Å²) >= 11 is 0. The summed E-state index contributed by atoms with van der Waals surface area (Å²) in [5, 5.41) is 0. The molecule has 0 spiro atoms. The first-order valence-corrected chi connectivity index (χ1v) is 15.3. The molecule has 0 aliphatic heterocycles. The predicted molar refractivity (Wildman–Crippen MR) is 157 cm³/mol. The van der Waals surface area contributed by atoms with Gasteiger partial charge in [-0.15, -0.1) is 0 Å². The molecule has 0 N–H and O–H groups in total. The Balaban J connectivity index is 0.000000336. The van der Waals surface area contributed by atoms with Gasteiger partial charge in [0.25, 0.3) is 0 Å². The molecular weight excluding hydrogens is 547 g/mol. The van der Waals surface area contributed by atoms with E-state index in [0.29, 0.717) is 0 Å². The van der Waals surface area contributed by atoms with Gasteiger partial charge in [0.1, 0.15) is 43.8 Å². The summed E-state index contributed by atoms with van der Waals surface area (Å²) in [6.45, 7) is 12.4. The van der Waals surface area contributed by atoms with Crippen LogP contribution in [0.15, 0.2) is 123 Å². The molecule has 8 heteroatoms. The van der Waals surface area contributed by atoms with E-state index in [1.807, 2.05) is 6.07 Å². The number of benzene rings is 4. The molecule has 0 saturated heterocycles. The van der Waals surface area contributed by atoms with Crippen LogP contribution in [-0.2, 0) is 21.0 Å². The summed E-state index contributed by atoms with van der Waals surface area (Å²) in [5.74, 6) is 1.12. The Hall–Kier alpha value is -3.33. The van der Waals surface area contributed by atoms with Crippen molar-refractivity contribution in [3.8, 4) is 11.5 Å². The highest BCUT2D eigenvalue weighted by atomic mass is 32.2. The number of ether oxygens (including phenoxy) is 2. The third kappa shape index (κ3) is 9.70. The zero-order chi connectivity index (χ0) is 29.6. The van der Waals surface area contributed by atoms with Crippen LogP contribution in [0.5, 0.6) is 11.5 Å². The maximum atomic E-state index is 12.2. The van der Waals surface area contributed by atoms with Crippen LogP contribution in [0.1, 0.15) is 41.5 Å². The van der Waals surface area contributed by atoms with Crippen LogP contribution in [0.3, 0.4) is 0 Å². The molecule has 0 bridgehead atoms. The molecule has 0 aliphatic carbocycles. The molecule has 0 heterocycles. The second-order valence-corrected chi connectivity index (χ2v) is 14.3. The molecule has 0 aromatic heterocycles. The lowest BCUT2D eigenvalue weighted by atomic mass is 10.2. The van der Waals surface area contributed by atoms with Crippen LogP contribution in [0, 0.1) is 5.82 Å². The Morgan fingerprint density at radius 2 is 1.15 bits per heavy atom. The van der Waals surface area contributed by atoms with E-state index in [2.05, 4.69) is 114 Å². The van der Waals surface area contributed by atoms with Gasteiger partial charge in [-0.1, -0.05) is 36.4 Å². The van der Waals surface area contributed by atoms with Gasteiger partial charge in [0.2, 0.25) is 4.90 Å². The Labute approximate surface area is 240 Å². The van der Waals surface area contributed by atoms with Gasteiger partial charge >= 0.3 is 0 Å². The molecule has 212 valence electrons. The molecule has 4 rings (SSSR count). The lowest BCUT2D eigenvalue weighted by molar-refractivity contribution is 0.118. The van der Waals surface area contributed by atoms with Crippen LogP contribution in [-0.4, -0.2) is 24.2 Å². The first-order chi connectivity index (χ1) is 18.6. The predicted octanol–water partition coefficient (Wildman–Crippen LogP) is 7.87. The van der Waals surface area contributed by atoms with Crippen LogP contribution < -0.4 is 9.47 Å². The van der Waals surface area contributed by atoms with Crippen LogP contribution in [0.25, 0.3) is 0 Å². The normalized spacial score (nSPS) is 11.9. The van der Waals surface area contributed by atoms with Gasteiger partial charge in [0.15, 0.2) is 15.5 Å².